The van der Waals surface area contributed by atoms with Gasteiger partial charge in [-0.3, -0.25) is 0 Å². The number of benzene rings is 2. The van der Waals surface area contributed by atoms with Crippen molar-refractivity contribution in [2.75, 3.05) is 19.7 Å². The first-order chi connectivity index (χ1) is 10.6. The first-order valence-electron chi connectivity index (χ1n) is 7.15. The van der Waals surface area contributed by atoms with E-state index in [0.29, 0.717) is 22.3 Å². The van der Waals surface area contributed by atoms with Crippen molar-refractivity contribution in [2.45, 2.75) is 12.5 Å². The van der Waals surface area contributed by atoms with Crippen molar-refractivity contribution in [3.63, 3.8) is 0 Å². The minimum atomic E-state index is -0.595. The van der Waals surface area contributed by atoms with E-state index in [1.54, 1.807) is 18.2 Å². The molecule has 0 saturated carbocycles. The van der Waals surface area contributed by atoms with Gasteiger partial charge in [0.05, 0.1) is 5.02 Å². The van der Waals surface area contributed by atoms with Gasteiger partial charge in [0.1, 0.15) is 18.5 Å². The van der Waals surface area contributed by atoms with Crippen LogP contribution in [0.1, 0.15) is 5.56 Å². The Hall–Kier alpha value is -1.26. The number of aliphatic hydroxyl groups is 1. The van der Waals surface area contributed by atoms with Crippen molar-refractivity contribution in [3.05, 3.63) is 64.1 Å². The van der Waals surface area contributed by atoms with Crippen LogP contribution in [0.5, 0.6) is 5.75 Å². The maximum absolute atomic E-state index is 9.90. The Kier molecular flexibility index (Phi) is 7.00. The quantitative estimate of drug-likeness (QED) is 0.722. The summed E-state index contributed by atoms with van der Waals surface area (Å²) >= 11 is 11.8. The van der Waals surface area contributed by atoms with Gasteiger partial charge >= 0.3 is 0 Å². The SMILES string of the molecule is OC(CNCCc1ccccc1)COc1ccc(Cl)cc1Cl. The summed E-state index contributed by atoms with van der Waals surface area (Å²) in [6.45, 7) is 1.46. The molecule has 5 heteroatoms. The van der Waals surface area contributed by atoms with Crippen LogP contribution < -0.4 is 10.1 Å². The van der Waals surface area contributed by atoms with E-state index in [1.165, 1.54) is 5.56 Å². The molecule has 118 valence electrons. The summed E-state index contributed by atoms with van der Waals surface area (Å²) in [4.78, 5) is 0. The number of hydrogen-bond acceptors (Lipinski definition) is 3. The molecule has 2 rings (SSSR count). The lowest BCUT2D eigenvalue weighted by atomic mass is 10.1. The second kappa shape index (κ2) is 9.01. The molecule has 0 saturated heterocycles. The Bertz CT molecular complexity index is 578. The van der Waals surface area contributed by atoms with Gasteiger partial charge in [-0.25, -0.2) is 0 Å². The molecule has 0 aliphatic carbocycles. The maximum Gasteiger partial charge on any atom is 0.138 e. The van der Waals surface area contributed by atoms with Crippen LogP contribution in [0, 0.1) is 0 Å². The average Bonchev–Trinajstić information content (AvgIpc) is 2.52. The molecule has 1 unspecified atom stereocenters. The Balaban J connectivity index is 1.64. The zero-order valence-electron chi connectivity index (χ0n) is 12.1. The van der Waals surface area contributed by atoms with Gasteiger partial charge in [-0.1, -0.05) is 53.5 Å². The zero-order valence-corrected chi connectivity index (χ0v) is 13.6. The number of nitrogens with one attached hydrogen (secondary N) is 1. The summed E-state index contributed by atoms with van der Waals surface area (Å²) in [6, 6.07) is 15.2. The average molecular weight is 340 g/mol. The molecule has 2 N–H and O–H groups in total. The largest absolute Gasteiger partial charge is 0.489 e. The highest BCUT2D eigenvalue weighted by Gasteiger charge is 2.07. The smallest absolute Gasteiger partial charge is 0.138 e. The normalized spacial score (nSPS) is 12.1. The minimum Gasteiger partial charge on any atom is -0.489 e. The Morgan fingerprint density at radius 1 is 1.09 bits per heavy atom. The second-order valence-corrected chi connectivity index (χ2v) is 5.82. The van der Waals surface area contributed by atoms with E-state index in [0.717, 1.165) is 13.0 Å². The van der Waals surface area contributed by atoms with Crippen molar-refractivity contribution >= 4 is 23.2 Å². The first kappa shape index (κ1) is 17.1. The fourth-order valence-corrected chi connectivity index (χ4v) is 2.45. The summed E-state index contributed by atoms with van der Waals surface area (Å²) < 4.78 is 5.49. The zero-order chi connectivity index (χ0) is 15.8. The highest BCUT2D eigenvalue weighted by molar-refractivity contribution is 6.35. The molecule has 2 aromatic rings. The van der Waals surface area contributed by atoms with Crippen LogP contribution in [0.3, 0.4) is 0 Å². The molecule has 0 spiro atoms. The lowest BCUT2D eigenvalue weighted by molar-refractivity contribution is 0.107. The molecule has 22 heavy (non-hydrogen) atoms. The highest BCUT2D eigenvalue weighted by Crippen LogP contribution is 2.27. The van der Waals surface area contributed by atoms with Gasteiger partial charge in [0.25, 0.3) is 0 Å². The third-order valence-corrected chi connectivity index (χ3v) is 3.67. The predicted molar refractivity (Wildman–Crippen MR) is 91.0 cm³/mol. The molecule has 0 amide bonds. The number of hydrogen-bond donors (Lipinski definition) is 2. The summed E-state index contributed by atoms with van der Waals surface area (Å²) in [7, 11) is 0. The molecule has 0 fully saturated rings. The van der Waals surface area contributed by atoms with Crippen molar-refractivity contribution in [3.8, 4) is 5.75 Å². The van der Waals surface area contributed by atoms with Crippen LogP contribution in [0.4, 0.5) is 0 Å². The van der Waals surface area contributed by atoms with E-state index in [9.17, 15) is 5.11 Å². The van der Waals surface area contributed by atoms with Crippen LogP contribution in [0.15, 0.2) is 48.5 Å². The predicted octanol–water partition coefficient (Wildman–Crippen LogP) is 3.57. The lowest BCUT2D eigenvalue weighted by Crippen LogP contribution is -2.32. The van der Waals surface area contributed by atoms with Crippen molar-refractivity contribution in [1.29, 1.82) is 0 Å². The molecule has 0 radical (unpaired) electrons. The molecular weight excluding hydrogens is 321 g/mol. The van der Waals surface area contributed by atoms with Gasteiger partial charge in [-0.15, -0.1) is 0 Å². The number of aliphatic hydroxyl groups excluding tert-OH is 1. The van der Waals surface area contributed by atoms with Crippen LogP contribution in [-0.4, -0.2) is 30.9 Å². The Labute approximate surface area is 140 Å². The van der Waals surface area contributed by atoms with Crippen molar-refractivity contribution in [1.82, 2.24) is 5.32 Å². The summed E-state index contributed by atoms with van der Waals surface area (Å²) in [6.07, 6.45) is 0.333. The Morgan fingerprint density at radius 3 is 2.59 bits per heavy atom. The fraction of sp³-hybridized carbons (Fsp3) is 0.294. The molecule has 0 bridgehead atoms. The first-order valence-corrected chi connectivity index (χ1v) is 7.91. The van der Waals surface area contributed by atoms with E-state index in [-0.39, 0.29) is 6.61 Å². The molecule has 3 nitrogen and oxygen atoms in total. The summed E-state index contributed by atoms with van der Waals surface area (Å²) in [5.41, 5.74) is 1.27. The highest BCUT2D eigenvalue weighted by atomic mass is 35.5. The third-order valence-electron chi connectivity index (χ3n) is 3.14. The lowest BCUT2D eigenvalue weighted by Gasteiger charge is -2.14. The number of rotatable bonds is 8. The molecule has 1 atom stereocenters. The van der Waals surface area contributed by atoms with E-state index < -0.39 is 6.10 Å². The van der Waals surface area contributed by atoms with E-state index in [1.807, 2.05) is 18.2 Å². The monoisotopic (exact) mass is 339 g/mol. The van der Waals surface area contributed by atoms with Crippen molar-refractivity contribution < 1.29 is 9.84 Å². The van der Waals surface area contributed by atoms with Crippen LogP contribution in [-0.2, 0) is 6.42 Å². The van der Waals surface area contributed by atoms with Crippen LogP contribution in [0.25, 0.3) is 0 Å². The van der Waals surface area contributed by atoms with Crippen LogP contribution >= 0.6 is 23.2 Å². The van der Waals surface area contributed by atoms with Gasteiger partial charge in [-0.05, 0) is 36.7 Å². The molecule has 0 aromatic heterocycles. The summed E-state index contributed by atoms with van der Waals surface area (Å²) in [5.74, 6) is 0.523. The maximum atomic E-state index is 9.90. The summed E-state index contributed by atoms with van der Waals surface area (Å²) in [5, 5.41) is 14.1. The van der Waals surface area contributed by atoms with Crippen molar-refractivity contribution in [2.24, 2.45) is 0 Å². The van der Waals surface area contributed by atoms with Gasteiger partial charge < -0.3 is 15.2 Å². The topological polar surface area (TPSA) is 41.5 Å². The second-order valence-electron chi connectivity index (χ2n) is 4.98. The third kappa shape index (κ3) is 5.85. The molecular formula is C17H19Cl2NO2. The van der Waals surface area contributed by atoms with Crippen LogP contribution in [0.2, 0.25) is 10.0 Å². The van der Waals surface area contributed by atoms with Gasteiger partial charge in [0.2, 0.25) is 0 Å². The van der Waals surface area contributed by atoms with E-state index in [2.05, 4.69) is 17.4 Å². The van der Waals surface area contributed by atoms with Gasteiger partial charge in [-0.2, -0.15) is 0 Å². The number of ether oxygens (including phenoxy) is 1. The standard InChI is InChI=1S/C17H19Cl2NO2/c18-14-6-7-17(16(19)10-14)22-12-15(21)11-20-9-8-13-4-2-1-3-5-13/h1-7,10,15,20-21H,8-9,11-12H2. The van der Waals surface area contributed by atoms with E-state index in [4.69, 9.17) is 27.9 Å². The van der Waals surface area contributed by atoms with Gasteiger partial charge in [0.15, 0.2) is 0 Å². The molecule has 0 heterocycles. The Morgan fingerprint density at radius 2 is 1.86 bits per heavy atom. The van der Waals surface area contributed by atoms with E-state index >= 15 is 0 Å². The minimum absolute atomic E-state index is 0.180. The number of halogens is 2. The van der Waals surface area contributed by atoms with Gasteiger partial charge in [0, 0.05) is 11.6 Å². The fourth-order valence-electron chi connectivity index (χ4n) is 1.98. The molecule has 0 aliphatic heterocycles. The molecule has 2 aromatic carbocycles. The molecule has 0 aliphatic rings.